The molecule has 1 aromatic rings. The Labute approximate surface area is 75.9 Å². The third-order valence-electron chi connectivity index (χ3n) is 1.97. The molecule has 1 heterocycles. The molecule has 1 aliphatic rings. The molecule has 0 aliphatic carbocycles. The maximum absolute atomic E-state index is 9.46. The summed E-state index contributed by atoms with van der Waals surface area (Å²) in [5.41, 5.74) is 1.81. The van der Waals surface area contributed by atoms with Crippen LogP contribution in [0.2, 0.25) is 0 Å². The Morgan fingerprint density at radius 3 is 3.15 bits per heavy atom. The predicted octanol–water partition coefficient (Wildman–Crippen LogP) is 1.16. The first kappa shape index (κ1) is 7.91. The average molecular weight is 178 g/mol. The van der Waals surface area contributed by atoms with E-state index < -0.39 is 0 Å². The summed E-state index contributed by atoms with van der Waals surface area (Å²) in [6.07, 6.45) is 1.64. The third kappa shape index (κ3) is 1.30. The molecule has 0 unspecified atom stereocenters. The highest BCUT2D eigenvalue weighted by Crippen LogP contribution is 2.34. The first-order valence-corrected chi connectivity index (χ1v) is 3.97. The van der Waals surface area contributed by atoms with Crippen LogP contribution in [0.15, 0.2) is 17.1 Å². The van der Waals surface area contributed by atoms with Gasteiger partial charge >= 0.3 is 0 Å². The van der Waals surface area contributed by atoms with Gasteiger partial charge < -0.3 is 15.2 Å². The summed E-state index contributed by atoms with van der Waals surface area (Å²) >= 11 is 0. The average Bonchev–Trinajstić information content (AvgIpc) is 2.17. The fourth-order valence-electron chi connectivity index (χ4n) is 1.30. The zero-order chi connectivity index (χ0) is 9.26. The summed E-state index contributed by atoms with van der Waals surface area (Å²) in [5, 5.41) is 12.4. The highest BCUT2D eigenvalue weighted by Gasteiger charge is 2.10. The molecule has 4 nitrogen and oxygen atoms in total. The van der Waals surface area contributed by atoms with Crippen LogP contribution in [0.4, 0.5) is 5.69 Å². The quantitative estimate of drug-likeness (QED) is 0.678. The predicted molar refractivity (Wildman–Crippen MR) is 49.7 cm³/mol. The van der Waals surface area contributed by atoms with E-state index in [1.807, 2.05) is 0 Å². The van der Waals surface area contributed by atoms with Gasteiger partial charge in [-0.1, -0.05) is 0 Å². The van der Waals surface area contributed by atoms with Crippen LogP contribution in [0, 0.1) is 0 Å². The van der Waals surface area contributed by atoms with Crippen molar-refractivity contribution in [2.45, 2.75) is 6.54 Å². The number of phenols is 1. The molecule has 0 spiro atoms. The number of methoxy groups -OCH3 is 1. The number of nitrogens with zero attached hydrogens (tertiary/aromatic N) is 1. The van der Waals surface area contributed by atoms with E-state index in [0.29, 0.717) is 12.3 Å². The molecule has 0 amide bonds. The van der Waals surface area contributed by atoms with Crippen LogP contribution in [-0.4, -0.2) is 18.6 Å². The lowest BCUT2D eigenvalue weighted by atomic mass is 10.1. The van der Waals surface area contributed by atoms with Crippen LogP contribution >= 0.6 is 0 Å². The molecular weight excluding hydrogens is 168 g/mol. The van der Waals surface area contributed by atoms with E-state index in [9.17, 15) is 5.11 Å². The zero-order valence-corrected chi connectivity index (χ0v) is 7.24. The summed E-state index contributed by atoms with van der Waals surface area (Å²) in [6, 6.07) is 3.39. The van der Waals surface area contributed by atoms with Crippen LogP contribution in [-0.2, 0) is 6.54 Å². The summed E-state index contributed by atoms with van der Waals surface area (Å²) in [5.74, 6) is 0.609. The Bertz CT molecular complexity index is 361. The molecule has 4 heteroatoms. The fraction of sp³-hybridized carbons (Fsp3) is 0.222. The van der Waals surface area contributed by atoms with Gasteiger partial charge in [0.05, 0.1) is 19.1 Å². The van der Waals surface area contributed by atoms with Crippen LogP contribution < -0.4 is 10.1 Å². The second-order valence-corrected chi connectivity index (χ2v) is 2.79. The van der Waals surface area contributed by atoms with Crippen molar-refractivity contribution < 1.29 is 9.84 Å². The maximum Gasteiger partial charge on any atom is 0.162 e. The summed E-state index contributed by atoms with van der Waals surface area (Å²) in [7, 11) is 1.52. The van der Waals surface area contributed by atoms with Crippen LogP contribution in [0.1, 0.15) is 5.56 Å². The van der Waals surface area contributed by atoms with Gasteiger partial charge in [-0.25, -0.2) is 4.99 Å². The monoisotopic (exact) mass is 178 g/mol. The Morgan fingerprint density at radius 1 is 1.54 bits per heavy atom. The Hall–Kier alpha value is -1.71. The second-order valence-electron chi connectivity index (χ2n) is 2.79. The number of benzene rings is 1. The van der Waals surface area contributed by atoms with E-state index in [2.05, 4.69) is 10.3 Å². The summed E-state index contributed by atoms with van der Waals surface area (Å²) < 4.78 is 4.97. The van der Waals surface area contributed by atoms with E-state index in [1.54, 1.807) is 18.5 Å². The maximum atomic E-state index is 9.46. The first-order chi connectivity index (χ1) is 6.31. The van der Waals surface area contributed by atoms with Crippen LogP contribution in [0.25, 0.3) is 0 Å². The van der Waals surface area contributed by atoms with E-state index in [4.69, 9.17) is 4.74 Å². The van der Waals surface area contributed by atoms with Gasteiger partial charge in [-0.2, -0.15) is 0 Å². The van der Waals surface area contributed by atoms with Gasteiger partial charge in [-0.05, 0) is 6.07 Å². The minimum absolute atomic E-state index is 0.153. The molecule has 0 aromatic heterocycles. The number of rotatable bonds is 1. The van der Waals surface area contributed by atoms with E-state index in [-0.39, 0.29) is 5.75 Å². The molecule has 2 rings (SSSR count). The smallest absolute Gasteiger partial charge is 0.162 e. The van der Waals surface area contributed by atoms with Crippen molar-refractivity contribution in [3.8, 4) is 11.5 Å². The lowest BCUT2D eigenvalue weighted by Crippen LogP contribution is -2.13. The number of fused-ring (bicyclic) bond motifs is 1. The number of aromatic hydroxyl groups is 1. The standard InChI is InChI=1S/C9H10N2O2/c1-13-9-3-7-6(2-8(9)12)4-10-5-11-7/h2-3,5,12H,4H2,1H3,(H,10,11). The minimum Gasteiger partial charge on any atom is -0.504 e. The molecule has 68 valence electrons. The topological polar surface area (TPSA) is 53.9 Å². The van der Waals surface area contributed by atoms with Gasteiger partial charge in [0, 0.05) is 18.2 Å². The zero-order valence-electron chi connectivity index (χ0n) is 7.24. The molecular formula is C9H10N2O2. The number of hydrogen-bond acceptors (Lipinski definition) is 4. The number of nitrogens with one attached hydrogen (secondary N) is 1. The van der Waals surface area contributed by atoms with Crippen LogP contribution in [0.3, 0.4) is 0 Å². The highest BCUT2D eigenvalue weighted by atomic mass is 16.5. The molecule has 0 radical (unpaired) electrons. The van der Waals surface area contributed by atoms with E-state index in [1.165, 1.54) is 7.11 Å². The van der Waals surface area contributed by atoms with Crippen molar-refractivity contribution in [2.75, 3.05) is 7.11 Å². The molecule has 0 atom stereocenters. The lowest BCUT2D eigenvalue weighted by Gasteiger charge is -2.13. The number of hydrogen-bond donors (Lipinski definition) is 2. The molecule has 0 saturated carbocycles. The first-order valence-electron chi connectivity index (χ1n) is 3.97. The molecule has 1 aliphatic heterocycles. The third-order valence-corrected chi connectivity index (χ3v) is 1.97. The van der Waals surface area contributed by atoms with Gasteiger partial charge in [-0.3, -0.25) is 0 Å². The normalized spacial score (nSPS) is 13.3. The Morgan fingerprint density at radius 2 is 2.38 bits per heavy atom. The Balaban J connectivity index is 2.52. The summed E-state index contributed by atoms with van der Waals surface area (Å²) in [4.78, 5) is 4.12. The van der Waals surface area contributed by atoms with Gasteiger partial charge in [0.25, 0.3) is 0 Å². The number of phenolic OH excluding ortho intramolecular Hbond substituents is 1. The number of aliphatic imine (C=N–C) groups is 1. The second kappa shape index (κ2) is 2.97. The van der Waals surface area contributed by atoms with Gasteiger partial charge in [-0.15, -0.1) is 0 Å². The molecule has 2 N–H and O–H groups in total. The molecule has 0 bridgehead atoms. The van der Waals surface area contributed by atoms with Gasteiger partial charge in [0.15, 0.2) is 11.5 Å². The van der Waals surface area contributed by atoms with Crippen molar-refractivity contribution in [3.05, 3.63) is 17.7 Å². The molecule has 0 saturated heterocycles. The Kier molecular flexibility index (Phi) is 1.81. The van der Waals surface area contributed by atoms with Crippen molar-refractivity contribution in [3.63, 3.8) is 0 Å². The van der Waals surface area contributed by atoms with Crippen molar-refractivity contribution in [1.82, 2.24) is 5.32 Å². The van der Waals surface area contributed by atoms with Crippen molar-refractivity contribution in [1.29, 1.82) is 0 Å². The van der Waals surface area contributed by atoms with Gasteiger partial charge in [0.2, 0.25) is 0 Å². The van der Waals surface area contributed by atoms with Gasteiger partial charge in [0.1, 0.15) is 0 Å². The minimum atomic E-state index is 0.153. The lowest BCUT2D eigenvalue weighted by molar-refractivity contribution is 0.373. The van der Waals surface area contributed by atoms with E-state index in [0.717, 1.165) is 11.3 Å². The number of ether oxygens (including phenoxy) is 1. The fourth-order valence-corrected chi connectivity index (χ4v) is 1.30. The van der Waals surface area contributed by atoms with Crippen molar-refractivity contribution in [2.24, 2.45) is 4.99 Å². The van der Waals surface area contributed by atoms with E-state index >= 15 is 0 Å². The highest BCUT2D eigenvalue weighted by molar-refractivity contribution is 5.69. The SMILES string of the molecule is COc1cc2c(cc1O)CNC=N2. The largest absolute Gasteiger partial charge is 0.504 e. The molecule has 13 heavy (non-hydrogen) atoms. The van der Waals surface area contributed by atoms with Crippen molar-refractivity contribution >= 4 is 12.0 Å². The molecule has 1 aromatic carbocycles. The summed E-state index contributed by atoms with van der Waals surface area (Å²) in [6.45, 7) is 0.691. The van der Waals surface area contributed by atoms with Crippen LogP contribution in [0.5, 0.6) is 11.5 Å². The molecule has 0 fully saturated rings.